The second-order valence-corrected chi connectivity index (χ2v) is 9.05. The van der Waals surface area contributed by atoms with E-state index in [1.165, 1.54) is 0 Å². The largest absolute Gasteiger partial charge is 0.398 e. The Kier molecular flexibility index (Phi) is 10.3. The summed E-state index contributed by atoms with van der Waals surface area (Å²) in [5, 5.41) is 17.9. The SMILES string of the molecule is C=C(C)c1c(N)c(C(C)CC)cc(C#N)c1F.CCC(C)c1cc(C#N)c(F)c(C(C)C)c1N. The molecule has 0 aliphatic rings. The number of hydrogen-bond acceptors (Lipinski definition) is 4. The fraction of sp³-hybridized carbons (Fsp3) is 0.429. The highest BCUT2D eigenvalue weighted by molar-refractivity contribution is 5.77. The van der Waals surface area contributed by atoms with Crippen LogP contribution >= 0.6 is 0 Å². The number of nitriles is 2. The second-order valence-electron chi connectivity index (χ2n) is 9.05. The van der Waals surface area contributed by atoms with Crippen LogP contribution in [0.1, 0.15) is 112 Å². The van der Waals surface area contributed by atoms with E-state index < -0.39 is 11.6 Å². The number of halogens is 2. The Labute approximate surface area is 202 Å². The van der Waals surface area contributed by atoms with Crippen LogP contribution in [0.5, 0.6) is 0 Å². The van der Waals surface area contributed by atoms with Gasteiger partial charge in [0.15, 0.2) is 0 Å². The van der Waals surface area contributed by atoms with Crippen molar-refractivity contribution in [3.8, 4) is 12.1 Å². The van der Waals surface area contributed by atoms with Crippen molar-refractivity contribution in [3.63, 3.8) is 0 Å². The summed E-state index contributed by atoms with van der Waals surface area (Å²) in [6, 6.07) is 6.91. The van der Waals surface area contributed by atoms with Crippen LogP contribution in [0.3, 0.4) is 0 Å². The normalized spacial score (nSPS) is 12.2. The van der Waals surface area contributed by atoms with Gasteiger partial charge in [0.1, 0.15) is 23.8 Å². The monoisotopic (exact) mass is 466 g/mol. The Hall–Kier alpha value is -3.38. The molecule has 0 aliphatic carbocycles. The molecule has 0 aliphatic heterocycles. The molecule has 34 heavy (non-hydrogen) atoms. The lowest BCUT2D eigenvalue weighted by atomic mass is 9.88. The van der Waals surface area contributed by atoms with Crippen molar-refractivity contribution in [2.45, 2.75) is 79.1 Å². The minimum Gasteiger partial charge on any atom is -0.398 e. The van der Waals surface area contributed by atoms with E-state index in [9.17, 15) is 8.78 Å². The third-order valence-electron chi connectivity index (χ3n) is 6.24. The van der Waals surface area contributed by atoms with Gasteiger partial charge < -0.3 is 11.5 Å². The van der Waals surface area contributed by atoms with Gasteiger partial charge in [-0.25, -0.2) is 8.78 Å². The van der Waals surface area contributed by atoms with Gasteiger partial charge in [0.05, 0.1) is 11.1 Å². The molecular weight excluding hydrogens is 430 g/mol. The van der Waals surface area contributed by atoms with Crippen LogP contribution in [0, 0.1) is 34.3 Å². The average Bonchev–Trinajstić information content (AvgIpc) is 2.78. The molecule has 0 fully saturated rings. The molecule has 4 N–H and O–H groups in total. The smallest absolute Gasteiger partial charge is 0.150 e. The van der Waals surface area contributed by atoms with E-state index in [0.717, 1.165) is 24.0 Å². The van der Waals surface area contributed by atoms with E-state index in [4.69, 9.17) is 22.0 Å². The van der Waals surface area contributed by atoms with Gasteiger partial charge in [0, 0.05) is 22.5 Å². The maximum Gasteiger partial charge on any atom is 0.150 e. The van der Waals surface area contributed by atoms with E-state index in [-0.39, 0.29) is 34.4 Å². The fourth-order valence-electron chi connectivity index (χ4n) is 3.81. The first kappa shape index (κ1) is 28.7. The number of nitrogen functional groups attached to an aromatic ring is 2. The van der Waals surface area contributed by atoms with Crippen LogP contribution in [0.2, 0.25) is 0 Å². The van der Waals surface area contributed by atoms with Gasteiger partial charge >= 0.3 is 0 Å². The number of allylic oxidation sites excluding steroid dienone is 1. The van der Waals surface area contributed by atoms with Crippen molar-refractivity contribution >= 4 is 16.9 Å². The molecule has 6 heteroatoms. The zero-order chi connectivity index (χ0) is 26.3. The Morgan fingerprint density at radius 3 is 1.65 bits per heavy atom. The number of benzene rings is 2. The summed E-state index contributed by atoms with van der Waals surface area (Å²) in [4.78, 5) is 0. The minimum absolute atomic E-state index is 0.0221. The molecule has 2 rings (SSSR count). The van der Waals surface area contributed by atoms with E-state index >= 15 is 0 Å². The molecule has 0 aromatic heterocycles. The predicted octanol–water partition coefficient (Wildman–Crippen LogP) is 7.74. The molecule has 2 atom stereocenters. The summed E-state index contributed by atoms with van der Waals surface area (Å²) in [6.07, 6.45) is 1.80. The first-order valence-electron chi connectivity index (χ1n) is 11.6. The Bertz CT molecular complexity index is 1140. The van der Waals surface area contributed by atoms with E-state index in [0.29, 0.717) is 22.5 Å². The lowest BCUT2D eigenvalue weighted by Gasteiger charge is -2.19. The van der Waals surface area contributed by atoms with Crippen LogP contribution in [0.4, 0.5) is 20.2 Å². The van der Waals surface area contributed by atoms with Crippen molar-refractivity contribution < 1.29 is 8.78 Å². The van der Waals surface area contributed by atoms with Gasteiger partial charge in [-0.1, -0.05) is 48.1 Å². The van der Waals surface area contributed by atoms with Crippen molar-refractivity contribution in [2.75, 3.05) is 11.5 Å². The van der Waals surface area contributed by atoms with Gasteiger partial charge in [0.2, 0.25) is 0 Å². The summed E-state index contributed by atoms with van der Waals surface area (Å²) in [6.45, 7) is 17.3. The fourth-order valence-corrected chi connectivity index (χ4v) is 3.81. The molecule has 0 heterocycles. The van der Waals surface area contributed by atoms with Crippen LogP contribution in [-0.4, -0.2) is 0 Å². The number of hydrogen-bond donors (Lipinski definition) is 2. The van der Waals surface area contributed by atoms with Crippen LogP contribution in [-0.2, 0) is 0 Å². The number of nitrogens with two attached hydrogens (primary N) is 2. The molecule has 0 bridgehead atoms. The van der Waals surface area contributed by atoms with Gasteiger partial charge in [-0.3, -0.25) is 0 Å². The molecular formula is C28H36F2N4. The summed E-state index contributed by atoms with van der Waals surface area (Å²) in [7, 11) is 0. The van der Waals surface area contributed by atoms with Crippen LogP contribution in [0.15, 0.2) is 18.7 Å². The maximum absolute atomic E-state index is 14.0. The molecule has 182 valence electrons. The first-order valence-corrected chi connectivity index (χ1v) is 11.6. The van der Waals surface area contributed by atoms with Gasteiger partial charge in [-0.15, -0.1) is 0 Å². The van der Waals surface area contributed by atoms with Gasteiger partial charge in [-0.2, -0.15) is 10.5 Å². The van der Waals surface area contributed by atoms with Crippen LogP contribution in [0.25, 0.3) is 5.57 Å². The van der Waals surface area contributed by atoms with Gasteiger partial charge in [-0.05, 0) is 66.4 Å². The van der Waals surface area contributed by atoms with Crippen molar-refractivity contribution in [1.29, 1.82) is 10.5 Å². The first-order chi connectivity index (χ1) is 15.9. The Morgan fingerprint density at radius 1 is 0.882 bits per heavy atom. The zero-order valence-electron chi connectivity index (χ0n) is 21.3. The lowest BCUT2D eigenvalue weighted by molar-refractivity contribution is 0.593. The van der Waals surface area contributed by atoms with E-state index in [2.05, 4.69) is 13.5 Å². The second kappa shape index (κ2) is 12.2. The number of rotatable bonds is 6. The molecule has 4 nitrogen and oxygen atoms in total. The topological polar surface area (TPSA) is 99.6 Å². The van der Waals surface area contributed by atoms with E-state index in [1.807, 2.05) is 46.8 Å². The molecule has 0 saturated heterocycles. The molecule has 2 unspecified atom stereocenters. The summed E-state index contributed by atoms with van der Waals surface area (Å²) in [5.74, 6) is -0.622. The van der Waals surface area contributed by atoms with E-state index in [1.54, 1.807) is 19.1 Å². The number of nitrogens with zero attached hydrogens (tertiary/aromatic N) is 2. The summed E-state index contributed by atoms with van der Waals surface area (Å²) < 4.78 is 28.0. The predicted molar refractivity (Wildman–Crippen MR) is 137 cm³/mol. The average molecular weight is 467 g/mol. The van der Waals surface area contributed by atoms with Crippen molar-refractivity contribution in [2.24, 2.45) is 0 Å². The molecule has 0 spiro atoms. The maximum atomic E-state index is 14.0. The quantitative estimate of drug-likeness (QED) is 0.425. The molecule has 0 saturated carbocycles. The summed E-state index contributed by atoms with van der Waals surface area (Å²) >= 11 is 0. The molecule has 2 aromatic rings. The van der Waals surface area contributed by atoms with Crippen molar-refractivity contribution in [1.82, 2.24) is 0 Å². The summed E-state index contributed by atoms with van der Waals surface area (Å²) in [5.41, 5.74) is 16.1. The third-order valence-corrected chi connectivity index (χ3v) is 6.24. The number of anilines is 2. The minimum atomic E-state index is -0.565. The molecule has 0 radical (unpaired) electrons. The molecule has 2 aromatic carbocycles. The Balaban J connectivity index is 0.000000340. The molecule has 0 amide bonds. The van der Waals surface area contributed by atoms with Crippen molar-refractivity contribution in [3.05, 3.63) is 63.7 Å². The third kappa shape index (κ3) is 5.94. The van der Waals surface area contributed by atoms with Gasteiger partial charge in [0.25, 0.3) is 0 Å². The Morgan fingerprint density at radius 2 is 1.29 bits per heavy atom. The van der Waals surface area contributed by atoms with Crippen LogP contribution < -0.4 is 11.5 Å². The highest BCUT2D eigenvalue weighted by Gasteiger charge is 2.21. The highest BCUT2D eigenvalue weighted by atomic mass is 19.1. The zero-order valence-corrected chi connectivity index (χ0v) is 21.3. The highest BCUT2D eigenvalue weighted by Crippen LogP contribution is 2.36. The standard InChI is InChI=1S/C14H19FN2.C14H17FN2/c2*1-5-9(4)11-6-10(7-16)13(15)12(8(2)3)14(11)17/h6,8-9H,5,17H2,1-4H3;6,9H,2,5,17H2,1,3-4H3. The lowest BCUT2D eigenvalue weighted by Crippen LogP contribution is -2.08.